The minimum atomic E-state index is -0.199. The summed E-state index contributed by atoms with van der Waals surface area (Å²) in [5.74, 6) is 0.875. The van der Waals surface area contributed by atoms with Crippen LogP contribution in [0.2, 0.25) is 0 Å². The molecule has 0 bridgehead atoms. The smallest absolute Gasteiger partial charge is 0.142 e. The zero-order valence-corrected chi connectivity index (χ0v) is 37.5. The number of aromatic nitrogens is 2. The van der Waals surface area contributed by atoms with E-state index < -0.39 is 0 Å². The van der Waals surface area contributed by atoms with Crippen LogP contribution in [0.5, 0.6) is 5.75 Å². The Kier molecular flexibility index (Phi) is 11.0. The number of phenols is 1. The number of fused-ring (bicyclic) bond motifs is 1. The van der Waals surface area contributed by atoms with Gasteiger partial charge in [-0.25, -0.2) is 4.98 Å². The highest BCUT2D eigenvalue weighted by Crippen LogP contribution is 2.43. The number of phenolic OH excluding ortho intramolecular Hbond substituents is 1. The van der Waals surface area contributed by atoms with Crippen LogP contribution < -0.4 is 0 Å². The van der Waals surface area contributed by atoms with E-state index in [1.807, 2.05) is 12.3 Å². The van der Waals surface area contributed by atoms with Crippen LogP contribution in [-0.2, 0) is 16.2 Å². The summed E-state index contributed by atoms with van der Waals surface area (Å²) in [4.78, 5) is 10.3. The fourth-order valence-electron chi connectivity index (χ4n) is 8.25. The fourth-order valence-corrected chi connectivity index (χ4v) is 8.25. The molecule has 0 atom stereocenters. The van der Waals surface area contributed by atoms with E-state index in [1.54, 1.807) is 0 Å². The first-order valence-electron chi connectivity index (χ1n) is 21.3. The molecule has 0 spiro atoms. The second-order valence-electron chi connectivity index (χ2n) is 20.2. The zero-order valence-electron chi connectivity index (χ0n) is 37.5. The molecular weight excluding hydrogens is 717 g/mol. The molecule has 0 amide bonds. The van der Waals surface area contributed by atoms with Crippen LogP contribution in [0.25, 0.3) is 66.8 Å². The van der Waals surface area contributed by atoms with Gasteiger partial charge in [0.1, 0.15) is 11.3 Å². The van der Waals surface area contributed by atoms with Crippen LogP contribution in [0.1, 0.15) is 130 Å². The van der Waals surface area contributed by atoms with Crippen molar-refractivity contribution < 1.29 is 5.11 Å². The lowest BCUT2D eigenvalue weighted by Gasteiger charge is -2.26. The Bertz CT molecular complexity index is 2620. The summed E-state index contributed by atoms with van der Waals surface area (Å²) >= 11 is 0. The summed E-state index contributed by atoms with van der Waals surface area (Å²) in [5.41, 5.74) is 17.5. The second kappa shape index (κ2) is 15.6. The van der Waals surface area contributed by atoms with Crippen molar-refractivity contribution in [1.82, 2.24) is 9.97 Å². The standard InChI is InChI=1S/C56H62N2O/c1-34(2)45-15-14-16-46(35(3)4)52(45)42-28-40(27-41(29-42)50-33-48(56(11,12)13)47-31-44(55(8,9)10)32-51(59)53(47)58-50)49-30-39(25-26-57-49)38-19-17-36(18-20-38)37-21-23-43(24-22-37)54(5,6)7/h14-35,59H,1-13H3. The highest BCUT2D eigenvalue weighted by molar-refractivity contribution is 5.92. The molecule has 3 heteroatoms. The lowest BCUT2D eigenvalue weighted by Crippen LogP contribution is -2.15. The van der Waals surface area contributed by atoms with E-state index >= 15 is 0 Å². The van der Waals surface area contributed by atoms with Crippen LogP contribution in [0, 0.1) is 0 Å². The molecule has 5 aromatic carbocycles. The first-order valence-corrected chi connectivity index (χ1v) is 21.3. The van der Waals surface area contributed by atoms with Crippen molar-refractivity contribution >= 4 is 10.9 Å². The van der Waals surface area contributed by atoms with Crippen molar-refractivity contribution in [3.05, 3.63) is 149 Å². The SMILES string of the molecule is CC(C)c1cccc(C(C)C)c1-c1cc(-c2cc(-c3ccc(-c4ccc(C(C)(C)C)cc4)cc3)ccn2)cc(-c2cc(C(C)(C)C)c3cc(C(C)(C)C)cc(O)c3n2)c1. The molecule has 2 heterocycles. The number of benzene rings is 5. The quantitative estimate of drug-likeness (QED) is 0.175. The van der Waals surface area contributed by atoms with Crippen LogP contribution in [0.4, 0.5) is 0 Å². The summed E-state index contributed by atoms with van der Waals surface area (Å²) in [6.45, 7) is 29.1. The molecule has 2 aromatic heterocycles. The Hall–Kier alpha value is -5.54. The number of hydrogen-bond donors (Lipinski definition) is 1. The average Bonchev–Trinajstić information content (AvgIpc) is 3.19. The molecule has 0 unspecified atom stereocenters. The first kappa shape index (κ1) is 41.6. The Morgan fingerprint density at radius 1 is 0.458 bits per heavy atom. The Labute approximate surface area is 353 Å². The minimum absolute atomic E-state index is 0.122. The lowest BCUT2D eigenvalue weighted by molar-refractivity contribution is 0.476. The van der Waals surface area contributed by atoms with E-state index in [9.17, 15) is 5.11 Å². The van der Waals surface area contributed by atoms with Crippen molar-refractivity contribution in [2.24, 2.45) is 0 Å². The van der Waals surface area contributed by atoms with E-state index in [2.05, 4.69) is 199 Å². The van der Waals surface area contributed by atoms with Crippen molar-refractivity contribution in [3.63, 3.8) is 0 Å². The normalized spacial score (nSPS) is 12.5. The number of hydrogen-bond acceptors (Lipinski definition) is 3. The summed E-state index contributed by atoms with van der Waals surface area (Å²) in [7, 11) is 0. The third kappa shape index (κ3) is 8.62. The molecule has 3 nitrogen and oxygen atoms in total. The molecule has 7 aromatic rings. The van der Waals surface area contributed by atoms with Crippen LogP contribution in [0.3, 0.4) is 0 Å². The highest BCUT2D eigenvalue weighted by Gasteiger charge is 2.25. The van der Waals surface area contributed by atoms with Crippen molar-refractivity contribution in [3.8, 4) is 61.6 Å². The third-order valence-corrected chi connectivity index (χ3v) is 11.8. The highest BCUT2D eigenvalue weighted by atomic mass is 16.3. The van der Waals surface area contributed by atoms with Gasteiger partial charge < -0.3 is 5.11 Å². The molecule has 0 fully saturated rings. The molecule has 1 N–H and O–H groups in total. The molecule has 0 aliphatic rings. The van der Waals surface area contributed by atoms with Crippen molar-refractivity contribution in [1.29, 1.82) is 0 Å². The molecule has 302 valence electrons. The van der Waals surface area contributed by atoms with Crippen LogP contribution in [-0.4, -0.2) is 15.1 Å². The zero-order chi connectivity index (χ0) is 42.6. The van der Waals surface area contributed by atoms with Gasteiger partial charge in [-0.1, -0.05) is 157 Å². The predicted octanol–water partition coefficient (Wildman–Crippen LogP) is 15.8. The van der Waals surface area contributed by atoms with E-state index in [0.29, 0.717) is 17.4 Å². The van der Waals surface area contributed by atoms with E-state index in [1.165, 1.54) is 33.4 Å². The van der Waals surface area contributed by atoms with Gasteiger partial charge in [-0.2, -0.15) is 0 Å². The van der Waals surface area contributed by atoms with Gasteiger partial charge in [0.15, 0.2) is 0 Å². The van der Waals surface area contributed by atoms with E-state index in [4.69, 9.17) is 9.97 Å². The molecule has 0 aliphatic heterocycles. The van der Waals surface area contributed by atoms with Gasteiger partial charge in [0, 0.05) is 22.7 Å². The second-order valence-corrected chi connectivity index (χ2v) is 20.2. The monoisotopic (exact) mass is 778 g/mol. The molecule has 7 rings (SSSR count). The van der Waals surface area contributed by atoms with Crippen LogP contribution >= 0.6 is 0 Å². The summed E-state index contributed by atoms with van der Waals surface area (Å²) < 4.78 is 0. The molecule has 0 saturated heterocycles. The van der Waals surface area contributed by atoms with Gasteiger partial charge in [-0.3, -0.25) is 4.98 Å². The van der Waals surface area contributed by atoms with Crippen molar-refractivity contribution in [2.45, 2.75) is 118 Å². The predicted molar refractivity (Wildman–Crippen MR) is 253 cm³/mol. The fraction of sp³-hybridized carbons (Fsp3) is 0.321. The lowest BCUT2D eigenvalue weighted by atomic mass is 9.80. The molecule has 59 heavy (non-hydrogen) atoms. The van der Waals surface area contributed by atoms with Gasteiger partial charge in [-0.15, -0.1) is 0 Å². The van der Waals surface area contributed by atoms with Crippen molar-refractivity contribution in [2.75, 3.05) is 0 Å². The van der Waals surface area contributed by atoms with Gasteiger partial charge in [0.2, 0.25) is 0 Å². The third-order valence-electron chi connectivity index (χ3n) is 11.8. The van der Waals surface area contributed by atoms with Crippen LogP contribution in [0.15, 0.2) is 121 Å². The van der Waals surface area contributed by atoms with Gasteiger partial charge in [0.05, 0.1) is 11.4 Å². The number of rotatable bonds is 7. The minimum Gasteiger partial charge on any atom is -0.506 e. The number of nitrogens with zero attached hydrogens (tertiary/aromatic N) is 2. The average molecular weight is 779 g/mol. The molecule has 0 radical (unpaired) electrons. The number of pyridine rings is 2. The summed E-state index contributed by atoms with van der Waals surface area (Å²) in [5, 5.41) is 12.6. The maximum absolute atomic E-state index is 11.6. The first-order chi connectivity index (χ1) is 27.7. The van der Waals surface area contributed by atoms with E-state index in [-0.39, 0.29) is 22.0 Å². The van der Waals surface area contributed by atoms with Gasteiger partial charge >= 0.3 is 0 Å². The van der Waals surface area contributed by atoms with E-state index in [0.717, 1.165) is 55.7 Å². The summed E-state index contributed by atoms with van der Waals surface area (Å²) in [6.07, 6.45) is 1.93. The van der Waals surface area contributed by atoms with Gasteiger partial charge in [-0.05, 0) is 138 Å². The molecule has 0 aliphatic carbocycles. The molecular formula is C56H62N2O. The van der Waals surface area contributed by atoms with Gasteiger partial charge in [0.25, 0.3) is 0 Å². The molecule has 0 saturated carbocycles. The topological polar surface area (TPSA) is 46.0 Å². The summed E-state index contributed by atoms with van der Waals surface area (Å²) in [6, 6.07) is 42.1. The Morgan fingerprint density at radius 2 is 0.966 bits per heavy atom. The maximum atomic E-state index is 11.6. The maximum Gasteiger partial charge on any atom is 0.142 e. The Morgan fingerprint density at radius 3 is 1.49 bits per heavy atom. The number of aromatic hydroxyl groups is 1. The largest absolute Gasteiger partial charge is 0.506 e. The Balaban J connectivity index is 1.41.